The second-order valence-electron chi connectivity index (χ2n) is 6.98. The SMILES string of the molecule is COc1ccc(CNC[C@H]2CCO[C@@H]2C(C)(C)C)cc1C#N. The molecule has 1 aliphatic heterocycles. The minimum atomic E-state index is 0.178. The largest absolute Gasteiger partial charge is 0.495 e. The third kappa shape index (κ3) is 4.00. The third-order valence-electron chi connectivity index (χ3n) is 4.19. The van der Waals surface area contributed by atoms with Gasteiger partial charge in [-0.2, -0.15) is 5.26 Å². The summed E-state index contributed by atoms with van der Waals surface area (Å²) in [5, 5.41) is 12.6. The van der Waals surface area contributed by atoms with Crippen LogP contribution in [0.3, 0.4) is 0 Å². The predicted molar refractivity (Wildman–Crippen MR) is 86.7 cm³/mol. The number of nitrogens with zero attached hydrogens (tertiary/aromatic N) is 1. The number of hydrogen-bond donors (Lipinski definition) is 1. The molecule has 0 radical (unpaired) electrons. The van der Waals surface area contributed by atoms with E-state index in [1.54, 1.807) is 7.11 Å². The molecule has 0 aromatic heterocycles. The molecular formula is C18H26N2O2. The zero-order valence-corrected chi connectivity index (χ0v) is 14.0. The van der Waals surface area contributed by atoms with Crippen molar-refractivity contribution in [2.75, 3.05) is 20.3 Å². The quantitative estimate of drug-likeness (QED) is 0.908. The summed E-state index contributed by atoms with van der Waals surface area (Å²) in [5.41, 5.74) is 1.86. The molecule has 0 saturated carbocycles. The van der Waals surface area contributed by atoms with Crippen LogP contribution in [0.2, 0.25) is 0 Å². The third-order valence-corrected chi connectivity index (χ3v) is 4.19. The van der Waals surface area contributed by atoms with Crippen molar-refractivity contribution in [3.05, 3.63) is 29.3 Å². The molecule has 1 aromatic carbocycles. The highest BCUT2D eigenvalue weighted by Crippen LogP contribution is 2.34. The first kappa shape index (κ1) is 16.8. The number of benzene rings is 1. The Morgan fingerprint density at radius 3 is 2.82 bits per heavy atom. The van der Waals surface area contributed by atoms with Gasteiger partial charge in [-0.25, -0.2) is 0 Å². The second kappa shape index (κ2) is 7.13. The van der Waals surface area contributed by atoms with Crippen LogP contribution in [-0.2, 0) is 11.3 Å². The Kier molecular flexibility index (Phi) is 5.44. The van der Waals surface area contributed by atoms with Gasteiger partial charge in [-0.1, -0.05) is 26.8 Å². The van der Waals surface area contributed by atoms with Gasteiger partial charge >= 0.3 is 0 Å². The molecular weight excluding hydrogens is 276 g/mol. The van der Waals surface area contributed by atoms with Gasteiger partial charge in [0.25, 0.3) is 0 Å². The van der Waals surface area contributed by atoms with Crippen molar-refractivity contribution in [3.63, 3.8) is 0 Å². The molecule has 0 unspecified atom stereocenters. The summed E-state index contributed by atoms with van der Waals surface area (Å²) in [4.78, 5) is 0. The molecule has 0 bridgehead atoms. The Morgan fingerprint density at radius 2 is 2.18 bits per heavy atom. The molecule has 1 aliphatic rings. The number of nitriles is 1. The summed E-state index contributed by atoms with van der Waals surface area (Å²) in [6.07, 6.45) is 1.42. The fourth-order valence-electron chi connectivity index (χ4n) is 3.15. The molecule has 2 rings (SSSR count). The van der Waals surface area contributed by atoms with Crippen LogP contribution < -0.4 is 10.1 Å². The predicted octanol–water partition coefficient (Wildman–Crippen LogP) is 3.11. The van der Waals surface area contributed by atoms with Gasteiger partial charge in [-0.3, -0.25) is 0 Å². The smallest absolute Gasteiger partial charge is 0.136 e. The molecule has 4 nitrogen and oxygen atoms in total. The van der Waals surface area contributed by atoms with Crippen LogP contribution in [0.4, 0.5) is 0 Å². The average Bonchev–Trinajstić information content (AvgIpc) is 2.95. The first-order valence-corrected chi connectivity index (χ1v) is 7.85. The van der Waals surface area contributed by atoms with Crippen LogP contribution in [0.15, 0.2) is 18.2 Å². The molecule has 1 heterocycles. The summed E-state index contributed by atoms with van der Waals surface area (Å²) in [5.74, 6) is 1.18. The van der Waals surface area contributed by atoms with E-state index in [2.05, 4.69) is 32.2 Å². The van der Waals surface area contributed by atoms with Crippen LogP contribution in [-0.4, -0.2) is 26.4 Å². The Hall–Kier alpha value is -1.57. The van der Waals surface area contributed by atoms with E-state index in [-0.39, 0.29) is 5.41 Å². The Bertz CT molecular complexity index is 543. The van der Waals surface area contributed by atoms with E-state index in [1.807, 2.05) is 18.2 Å². The lowest BCUT2D eigenvalue weighted by molar-refractivity contribution is 0.00721. The fourth-order valence-corrected chi connectivity index (χ4v) is 3.15. The van der Waals surface area contributed by atoms with Crippen molar-refractivity contribution in [1.29, 1.82) is 5.26 Å². The lowest BCUT2D eigenvalue weighted by Crippen LogP contribution is -2.36. The molecule has 0 amide bonds. The van der Waals surface area contributed by atoms with Gasteiger partial charge in [-0.15, -0.1) is 0 Å². The van der Waals surface area contributed by atoms with Crippen molar-refractivity contribution in [1.82, 2.24) is 5.32 Å². The van der Waals surface area contributed by atoms with E-state index in [9.17, 15) is 0 Å². The Labute approximate surface area is 133 Å². The van der Waals surface area contributed by atoms with Gasteiger partial charge in [0.05, 0.1) is 18.8 Å². The van der Waals surface area contributed by atoms with Gasteiger partial charge in [-0.05, 0) is 29.5 Å². The molecule has 120 valence electrons. The summed E-state index contributed by atoms with van der Waals surface area (Å²) in [6.45, 7) is 9.26. The van der Waals surface area contributed by atoms with Gasteiger partial charge in [0.15, 0.2) is 0 Å². The van der Waals surface area contributed by atoms with E-state index >= 15 is 0 Å². The van der Waals surface area contributed by atoms with Crippen molar-refractivity contribution in [2.24, 2.45) is 11.3 Å². The highest BCUT2D eigenvalue weighted by Gasteiger charge is 2.36. The lowest BCUT2D eigenvalue weighted by atomic mass is 9.81. The molecule has 4 heteroatoms. The van der Waals surface area contributed by atoms with E-state index < -0.39 is 0 Å². The van der Waals surface area contributed by atoms with Gasteiger partial charge in [0.2, 0.25) is 0 Å². The monoisotopic (exact) mass is 302 g/mol. The maximum Gasteiger partial charge on any atom is 0.136 e. The number of methoxy groups -OCH3 is 1. The maximum atomic E-state index is 9.13. The number of ether oxygens (including phenoxy) is 2. The molecule has 1 saturated heterocycles. The molecule has 22 heavy (non-hydrogen) atoms. The van der Waals surface area contributed by atoms with Gasteiger partial charge in [0.1, 0.15) is 11.8 Å². The van der Waals surface area contributed by atoms with Crippen LogP contribution in [0, 0.1) is 22.7 Å². The van der Waals surface area contributed by atoms with Crippen LogP contribution in [0.25, 0.3) is 0 Å². The van der Waals surface area contributed by atoms with E-state index in [0.29, 0.717) is 23.3 Å². The topological polar surface area (TPSA) is 54.3 Å². The molecule has 0 spiro atoms. The zero-order valence-electron chi connectivity index (χ0n) is 14.0. The number of hydrogen-bond acceptors (Lipinski definition) is 4. The van der Waals surface area contributed by atoms with Crippen molar-refractivity contribution >= 4 is 0 Å². The van der Waals surface area contributed by atoms with Gasteiger partial charge < -0.3 is 14.8 Å². The first-order valence-electron chi connectivity index (χ1n) is 7.85. The van der Waals surface area contributed by atoms with Crippen molar-refractivity contribution in [2.45, 2.75) is 39.8 Å². The minimum absolute atomic E-state index is 0.178. The van der Waals surface area contributed by atoms with Crippen molar-refractivity contribution in [3.8, 4) is 11.8 Å². The highest BCUT2D eigenvalue weighted by molar-refractivity contribution is 5.45. The van der Waals surface area contributed by atoms with Crippen LogP contribution in [0.1, 0.15) is 38.3 Å². The van der Waals surface area contributed by atoms with E-state index in [4.69, 9.17) is 14.7 Å². The summed E-state index contributed by atoms with van der Waals surface area (Å²) in [6, 6.07) is 7.91. The number of nitrogens with one attached hydrogen (secondary N) is 1. The summed E-state index contributed by atoms with van der Waals surface area (Å²) < 4.78 is 11.1. The summed E-state index contributed by atoms with van der Waals surface area (Å²) in [7, 11) is 1.58. The Balaban J connectivity index is 1.90. The summed E-state index contributed by atoms with van der Waals surface area (Å²) >= 11 is 0. The van der Waals surface area contributed by atoms with E-state index in [1.165, 1.54) is 0 Å². The molecule has 1 N–H and O–H groups in total. The van der Waals surface area contributed by atoms with Gasteiger partial charge in [0, 0.05) is 25.6 Å². The fraction of sp³-hybridized carbons (Fsp3) is 0.611. The zero-order chi connectivity index (χ0) is 16.2. The van der Waals surface area contributed by atoms with E-state index in [0.717, 1.165) is 31.7 Å². The average molecular weight is 302 g/mol. The highest BCUT2D eigenvalue weighted by atomic mass is 16.5. The maximum absolute atomic E-state index is 9.13. The lowest BCUT2D eigenvalue weighted by Gasteiger charge is -2.31. The van der Waals surface area contributed by atoms with Crippen LogP contribution >= 0.6 is 0 Å². The first-order chi connectivity index (χ1) is 10.5. The standard InChI is InChI=1S/C18H26N2O2/c1-18(2,3)17-14(7-8-22-17)12-20-11-13-5-6-16(21-4)15(9-13)10-19/h5-6,9,14,17,20H,7-8,11-12H2,1-4H3/t14-,17+/m1/s1. The second-order valence-corrected chi connectivity index (χ2v) is 6.98. The molecule has 1 fully saturated rings. The van der Waals surface area contributed by atoms with Crippen molar-refractivity contribution < 1.29 is 9.47 Å². The molecule has 0 aliphatic carbocycles. The minimum Gasteiger partial charge on any atom is -0.495 e. The number of rotatable bonds is 5. The molecule has 2 atom stereocenters. The normalized spacial score (nSPS) is 21.6. The molecule has 1 aromatic rings. The van der Waals surface area contributed by atoms with Crippen LogP contribution in [0.5, 0.6) is 5.75 Å². The Morgan fingerprint density at radius 1 is 1.41 bits per heavy atom.